The summed E-state index contributed by atoms with van der Waals surface area (Å²) in [7, 11) is 0. The molecule has 1 N–H and O–H groups in total. The van der Waals surface area contributed by atoms with Crippen molar-refractivity contribution in [3.8, 4) is 0 Å². The zero-order valence-electron chi connectivity index (χ0n) is 9.91. The summed E-state index contributed by atoms with van der Waals surface area (Å²) in [5, 5.41) is 8.92. The van der Waals surface area contributed by atoms with E-state index in [9.17, 15) is 4.79 Å². The summed E-state index contributed by atoms with van der Waals surface area (Å²) in [6, 6.07) is 0. The predicted octanol–water partition coefficient (Wildman–Crippen LogP) is 3.12. The van der Waals surface area contributed by atoms with Gasteiger partial charge in [0, 0.05) is 0 Å². The molecule has 0 aliphatic heterocycles. The van der Waals surface area contributed by atoms with Crippen molar-refractivity contribution in [2.75, 3.05) is 0 Å². The van der Waals surface area contributed by atoms with E-state index in [4.69, 9.17) is 9.84 Å². The van der Waals surface area contributed by atoms with Crippen LogP contribution in [0.2, 0.25) is 0 Å². The van der Waals surface area contributed by atoms with Crippen molar-refractivity contribution in [2.45, 2.75) is 75.9 Å². The highest BCUT2D eigenvalue weighted by molar-refractivity contribution is 5.68. The van der Waals surface area contributed by atoms with Crippen LogP contribution in [0.3, 0.4) is 0 Å². The third-order valence-corrected chi connectivity index (χ3v) is 3.96. The summed E-state index contributed by atoms with van der Waals surface area (Å²) in [6.45, 7) is 0. The number of rotatable bonds is 4. The highest BCUT2D eigenvalue weighted by Crippen LogP contribution is 2.41. The lowest BCUT2D eigenvalue weighted by Crippen LogP contribution is -2.44. The molecule has 2 fully saturated rings. The van der Waals surface area contributed by atoms with Crippen LogP contribution in [0.5, 0.6) is 0 Å². The van der Waals surface area contributed by atoms with Crippen LogP contribution < -0.4 is 0 Å². The SMILES string of the molecule is O=C(O)CC1(OC2CCCCCC2)CCC1. The van der Waals surface area contributed by atoms with E-state index < -0.39 is 5.97 Å². The van der Waals surface area contributed by atoms with Crippen LogP contribution in [0, 0.1) is 0 Å². The Morgan fingerprint density at radius 3 is 2.19 bits per heavy atom. The van der Waals surface area contributed by atoms with Gasteiger partial charge in [0.25, 0.3) is 0 Å². The van der Waals surface area contributed by atoms with Gasteiger partial charge in [0.15, 0.2) is 0 Å². The monoisotopic (exact) mass is 226 g/mol. The maximum absolute atomic E-state index is 10.8. The van der Waals surface area contributed by atoms with Crippen LogP contribution in [0.1, 0.15) is 64.2 Å². The predicted molar refractivity (Wildman–Crippen MR) is 61.4 cm³/mol. The Hall–Kier alpha value is -0.570. The summed E-state index contributed by atoms with van der Waals surface area (Å²) in [5.74, 6) is -0.715. The third kappa shape index (κ3) is 2.97. The van der Waals surface area contributed by atoms with Gasteiger partial charge in [-0.05, 0) is 32.1 Å². The van der Waals surface area contributed by atoms with Gasteiger partial charge in [-0.2, -0.15) is 0 Å². The molecule has 92 valence electrons. The largest absolute Gasteiger partial charge is 0.481 e. The maximum atomic E-state index is 10.8. The van der Waals surface area contributed by atoms with E-state index in [-0.39, 0.29) is 12.0 Å². The Morgan fingerprint density at radius 2 is 1.75 bits per heavy atom. The standard InChI is InChI=1S/C13H22O3/c14-12(15)10-13(8-5-9-13)16-11-6-3-1-2-4-7-11/h11H,1-10H2,(H,14,15). The average Bonchev–Trinajstić information content (AvgIpc) is 2.42. The molecule has 0 unspecified atom stereocenters. The van der Waals surface area contributed by atoms with Crippen LogP contribution in [-0.4, -0.2) is 22.8 Å². The highest BCUT2D eigenvalue weighted by atomic mass is 16.5. The molecule has 0 amide bonds. The van der Waals surface area contributed by atoms with Gasteiger partial charge in [-0.15, -0.1) is 0 Å². The lowest BCUT2D eigenvalue weighted by Gasteiger charge is -2.43. The molecule has 2 aliphatic rings. The van der Waals surface area contributed by atoms with Gasteiger partial charge in [-0.25, -0.2) is 0 Å². The molecule has 0 aromatic carbocycles. The van der Waals surface area contributed by atoms with Crippen molar-refractivity contribution < 1.29 is 14.6 Å². The minimum atomic E-state index is -0.715. The maximum Gasteiger partial charge on any atom is 0.306 e. The number of carboxylic acid groups (broad SMARTS) is 1. The van der Waals surface area contributed by atoms with Crippen molar-refractivity contribution >= 4 is 5.97 Å². The summed E-state index contributed by atoms with van der Waals surface area (Å²) in [5.41, 5.74) is -0.305. The fourth-order valence-corrected chi connectivity index (χ4v) is 2.90. The molecule has 3 nitrogen and oxygen atoms in total. The van der Waals surface area contributed by atoms with E-state index in [0.717, 1.165) is 32.1 Å². The van der Waals surface area contributed by atoms with E-state index >= 15 is 0 Å². The van der Waals surface area contributed by atoms with Crippen molar-refractivity contribution in [3.05, 3.63) is 0 Å². The van der Waals surface area contributed by atoms with E-state index in [2.05, 4.69) is 0 Å². The molecule has 2 aliphatic carbocycles. The van der Waals surface area contributed by atoms with Gasteiger partial charge in [0.1, 0.15) is 0 Å². The first-order valence-corrected chi connectivity index (χ1v) is 6.60. The summed E-state index contributed by atoms with van der Waals surface area (Å²) >= 11 is 0. The van der Waals surface area contributed by atoms with Gasteiger partial charge in [0.2, 0.25) is 0 Å². The Balaban J connectivity index is 1.87. The molecule has 0 heterocycles. The Kier molecular flexibility index (Phi) is 3.85. The zero-order valence-corrected chi connectivity index (χ0v) is 9.91. The minimum absolute atomic E-state index is 0.198. The topological polar surface area (TPSA) is 46.5 Å². The number of hydrogen-bond donors (Lipinski definition) is 1. The molecular weight excluding hydrogens is 204 g/mol. The Labute approximate surface area is 97.2 Å². The van der Waals surface area contributed by atoms with Crippen molar-refractivity contribution in [1.29, 1.82) is 0 Å². The molecule has 2 rings (SSSR count). The van der Waals surface area contributed by atoms with Gasteiger partial charge in [-0.3, -0.25) is 4.79 Å². The summed E-state index contributed by atoms with van der Waals surface area (Å²) in [4.78, 5) is 10.8. The van der Waals surface area contributed by atoms with Gasteiger partial charge < -0.3 is 9.84 Å². The average molecular weight is 226 g/mol. The third-order valence-electron chi connectivity index (χ3n) is 3.96. The molecular formula is C13H22O3. The summed E-state index contributed by atoms with van der Waals surface area (Å²) < 4.78 is 6.12. The molecule has 0 spiro atoms. The first-order valence-electron chi connectivity index (χ1n) is 6.60. The van der Waals surface area contributed by atoms with Gasteiger partial charge in [-0.1, -0.05) is 25.7 Å². The van der Waals surface area contributed by atoms with Crippen LogP contribution >= 0.6 is 0 Å². The second kappa shape index (κ2) is 5.17. The lowest BCUT2D eigenvalue weighted by atomic mass is 9.77. The molecule has 16 heavy (non-hydrogen) atoms. The van der Waals surface area contributed by atoms with Crippen molar-refractivity contribution in [3.63, 3.8) is 0 Å². The van der Waals surface area contributed by atoms with Crippen LogP contribution in [-0.2, 0) is 9.53 Å². The Bertz CT molecular complexity index is 238. The number of aliphatic carboxylic acids is 1. The minimum Gasteiger partial charge on any atom is -0.481 e. The lowest BCUT2D eigenvalue weighted by molar-refractivity contribution is -0.168. The van der Waals surface area contributed by atoms with Crippen LogP contribution in [0.25, 0.3) is 0 Å². The van der Waals surface area contributed by atoms with Crippen molar-refractivity contribution in [2.24, 2.45) is 0 Å². The second-order valence-electron chi connectivity index (χ2n) is 5.34. The fourth-order valence-electron chi connectivity index (χ4n) is 2.90. The number of ether oxygens (including phenoxy) is 1. The van der Waals surface area contributed by atoms with Crippen LogP contribution in [0.4, 0.5) is 0 Å². The highest BCUT2D eigenvalue weighted by Gasteiger charge is 2.41. The first kappa shape index (κ1) is 11.9. The quantitative estimate of drug-likeness (QED) is 0.749. The van der Waals surface area contributed by atoms with E-state index in [1.807, 2.05) is 0 Å². The smallest absolute Gasteiger partial charge is 0.306 e. The van der Waals surface area contributed by atoms with Crippen molar-refractivity contribution in [1.82, 2.24) is 0 Å². The second-order valence-corrected chi connectivity index (χ2v) is 5.34. The molecule has 3 heteroatoms. The molecule has 0 aromatic rings. The van der Waals surface area contributed by atoms with E-state index in [1.165, 1.54) is 25.7 Å². The van der Waals surface area contributed by atoms with Gasteiger partial charge in [0.05, 0.1) is 18.1 Å². The molecule has 0 atom stereocenters. The molecule has 0 radical (unpaired) electrons. The van der Waals surface area contributed by atoms with E-state index in [1.54, 1.807) is 0 Å². The normalized spacial score (nSPS) is 25.8. The van der Waals surface area contributed by atoms with E-state index in [0.29, 0.717) is 6.10 Å². The fraction of sp³-hybridized carbons (Fsp3) is 0.923. The molecule has 0 aromatic heterocycles. The number of carboxylic acids is 1. The Morgan fingerprint density at radius 1 is 1.12 bits per heavy atom. The number of carbonyl (C=O) groups is 1. The molecule has 0 bridgehead atoms. The summed E-state index contributed by atoms with van der Waals surface area (Å²) in [6.07, 6.45) is 10.9. The van der Waals surface area contributed by atoms with Crippen LogP contribution in [0.15, 0.2) is 0 Å². The zero-order chi connectivity index (χ0) is 11.4. The number of hydrogen-bond acceptors (Lipinski definition) is 2. The first-order chi connectivity index (χ1) is 7.70. The molecule has 0 saturated heterocycles. The molecule has 2 saturated carbocycles. The van der Waals surface area contributed by atoms with Gasteiger partial charge >= 0.3 is 5.97 Å².